The van der Waals surface area contributed by atoms with Gasteiger partial charge >= 0.3 is 6.18 Å². The molecule has 9 heteroatoms. The highest BCUT2D eigenvalue weighted by molar-refractivity contribution is 5.89. The number of hydrogen-bond donors (Lipinski definition) is 1. The Bertz CT molecular complexity index is 1010. The van der Waals surface area contributed by atoms with Gasteiger partial charge in [0.05, 0.1) is 11.5 Å². The van der Waals surface area contributed by atoms with Crippen LogP contribution in [0.2, 0.25) is 0 Å². The molecule has 0 bridgehead atoms. The first-order chi connectivity index (χ1) is 15.8. The summed E-state index contributed by atoms with van der Waals surface area (Å²) in [5.74, 6) is -0.115. The number of piperidine rings is 1. The van der Waals surface area contributed by atoms with E-state index in [9.17, 15) is 22.8 Å². The molecule has 0 saturated carbocycles. The largest absolute Gasteiger partial charge is 0.416 e. The minimum atomic E-state index is -4.44. The molecule has 1 aromatic heterocycles. The SMILES string of the molecule is O=C(NCc1cccnc1N1CCCCC1)C1CC(=O)N(Cc2cccc(C(F)(F)F)c2)C1. The van der Waals surface area contributed by atoms with Crippen LogP contribution in [0, 0.1) is 5.92 Å². The van der Waals surface area contributed by atoms with Crippen molar-refractivity contribution in [2.75, 3.05) is 24.5 Å². The van der Waals surface area contributed by atoms with Crippen LogP contribution in [0.1, 0.15) is 42.4 Å². The number of benzene rings is 1. The Morgan fingerprint density at radius 2 is 1.91 bits per heavy atom. The number of nitrogens with zero attached hydrogens (tertiary/aromatic N) is 3. The fraction of sp³-hybridized carbons (Fsp3) is 0.458. The average Bonchev–Trinajstić information content (AvgIpc) is 3.18. The predicted molar refractivity (Wildman–Crippen MR) is 117 cm³/mol. The molecule has 1 unspecified atom stereocenters. The van der Waals surface area contributed by atoms with Gasteiger partial charge in [-0.1, -0.05) is 18.2 Å². The Hall–Kier alpha value is -3.10. The van der Waals surface area contributed by atoms with E-state index >= 15 is 0 Å². The fourth-order valence-electron chi connectivity index (χ4n) is 4.45. The molecule has 4 rings (SSSR count). The van der Waals surface area contributed by atoms with Crippen LogP contribution in [0.5, 0.6) is 0 Å². The van der Waals surface area contributed by atoms with Crippen LogP contribution in [0.15, 0.2) is 42.6 Å². The standard InChI is InChI=1S/C24H27F3N4O2/c25-24(26,27)20-8-4-6-17(12-20)15-31-16-19(13-21(31)32)23(33)29-14-18-7-5-9-28-22(18)30-10-2-1-3-11-30/h4-9,12,19H,1-3,10-11,13-16H2,(H,29,33). The summed E-state index contributed by atoms with van der Waals surface area (Å²) in [5, 5.41) is 2.92. The van der Waals surface area contributed by atoms with Crippen LogP contribution in [-0.4, -0.2) is 41.3 Å². The summed E-state index contributed by atoms with van der Waals surface area (Å²) < 4.78 is 38.9. The van der Waals surface area contributed by atoms with Gasteiger partial charge in [0.25, 0.3) is 0 Å². The molecule has 2 aromatic rings. The van der Waals surface area contributed by atoms with E-state index in [4.69, 9.17) is 0 Å². The Kier molecular flexibility index (Phi) is 6.85. The molecule has 0 radical (unpaired) electrons. The van der Waals surface area contributed by atoms with Crippen molar-refractivity contribution in [3.63, 3.8) is 0 Å². The summed E-state index contributed by atoms with van der Waals surface area (Å²) in [6.07, 6.45) is 0.810. The van der Waals surface area contributed by atoms with Crippen LogP contribution < -0.4 is 10.2 Å². The third-order valence-electron chi connectivity index (χ3n) is 6.19. The van der Waals surface area contributed by atoms with Crippen molar-refractivity contribution >= 4 is 17.6 Å². The van der Waals surface area contributed by atoms with Gasteiger partial charge in [-0.15, -0.1) is 0 Å². The number of hydrogen-bond acceptors (Lipinski definition) is 4. The first-order valence-corrected chi connectivity index (χ1v) is 11.2. The summed E-state index contributed by atoms with van der Waals surface area (Å²) in [5.41, 5.74) is 0.570. The molecule has 176 valence electrons. The van der Waals surface area contributed by atoms with Gasteiger partial charge in [0.1, 0.15) is 5.82 Å². The summed E-state index contributed by atoms with van der Waals surface area (Å²) >= 11 is 0. The van der Waals surface area contributed by atoms with Gasteiger partial charge in [0, 0.05) is 50.9 Å². The molecule has 3 heterocycles. The van der Waals surface area contributed by atoms with Crippen molar-refractivity contribution in [1.82, 2.24) is 15.2 Å². The van der Waals surface area contributed by atoms with Crippen molar-refractivity contribution in [2.24, 2.45) is 5.92 Å². The fourth-order valence-corrected chi connectivity index (χ4v) is 4.45. The molecule has 2 amide bonds. The Labute approximate surface area is 190 Å². The van der Waals surface area contributed by atoms with Crippen molar-refractivity contribution in [1.29, 1.82) is 0 Å². The van der Waals surface area contributed by atoms with Gasteiger partial charge in [-0.05, 0) is 43.0 Å². The molecule has 0 spiro atoms. The van der Waals surface area contributed by atoms with E-state index in [0.717, 1.165) is 49.4 Å². The number of nitrogens with one attached hydrogen (secondary N) is 1. The number of anilines is 1. The molecule has 33 heavy (non-hydrogen) atoms. The maximum atomic E-state index is 13.0. The lowest BCUT2D eigenvalue weighted by Gasteiger charge is -2.29. The molecule has 1 aromatic carbocycles. The molecule has 0 aliphatic carbocycles. The monoisotopic (exact) mass is 460 g/mol. The minimum absolute atomic E-state index is 0.0498. The average molecular weight is 461 g/mol. The van der Waals surface area contributed by atoms with E-state index in [1.54, 1.807) is 12.3 Å². The first kappa shape index (κ1) is 23.1. The lowest BCUT2D eigenvalue weighted by molar-refractivity contribution is -0.137. The lowest BCUT2D eigenvalue weighted by Crippen LogP contribution is -2.34. The van der Waals surface area contributed by atoms with Crippen molar-refractivity contribution in [3.8, 4) is 0 Å². The number of aromatic nitrogens is 1. The number of rotatable bonds is 6. The summed E-state index contributed by atoms with van der Waals surface area (Å²) in [6.45, 7) is 2.44. The summed E-state index contributed by atoms with van der Waals surface area (Å²) in [6, 6.07) is 8.71. The molecule has 6 nitrogen and oxygen atoms in total. The maximum Gasteiger partial charge on any atom is 0.416 e. The van der Waals surface area contributed by atoms with Gasteiger partial charge in [-0.25, -0.2) is 4.98 Å². The third-order valence-corrected chi connectivity index (χ3v) is 6.19. The molecule has 1 atom stereocenters. The summed E-state index contributed by atoms with van der Waals surface area (Å²) in [7, 11) is 0. The Balaban J connectivity index is 1.35. The van der Waals surface area contributed by atoms with E-state index in [-0.39, 0.29) is 31.3 Å². The van der Waals surface area contributed by atoms with Gasteiger partial charge in [0.2, 0.25) is 11.8 Å². The molecular formula is C24H27F3N4O2. The maximum absolute atomic E-state index is 13.0. The number of likely N-dealkylation sites (tertiary alicyclic amines) is 1. The number of amides is 2. The van der Waals surface area contributed by atoms with Crippen LogP contribution in [0.4, 0.5) is 19.0 Å². The molecule has 1 N–H and O–H groups in total. The van der Waals surface area contributed by atoms with Gasteiger partial charge < -0.3 is 15.1 Å². The van der Waals surface area contributed by atoms with E-state index < -0.39 is 17.7 Å². The normalized spacial score (nSPS) is 19.1. The smallest absolute Gasteiger partial charge is 0.356 e. The van der Waals surface area contributed by atoms with Crippen LogP contribution in [-0.2, 0) is 28.9 Å². The first-order valence-electron chi connectivity index (χ1n) is 11.2. The van der Waals surface area contributed by atoms with Gasteiger partial charge in [0.15, 0.2) is 0 Å². The van der Waals surface area contributed by atoms with Crippen molar-refractivity contribution in [2.45, 2.75) is 44.9 Å². The zero-order valence-corrected chi connectivity index (χ0v) is 18.3. The second-order valence-electron chi connectivity index (χ2n) is 8.63. The molecule has 2 saturated heterocycles. The Morgan fingerprint density at radius 1 is 1.12 bits per heavy atom. The number of carbonyl (C=O) groups is 2. The highest BCUT2D eigenvalue weighted by Crippen LogP contribution is 2.30. The van der Waals surface area contributed by atoms with Gasteiger partial charge in [-0.2, -0.15) is 13.2 Å². The van der Waals surface area contributed by atoms with E-state index in [1.165, 1.54) is 17.4 Å². The highest BCUT2D eigenvalue weighted by Gasteiger charge is 2.35. The molecular weight excluding hydrogens is 433 g/mol. The second-order valence-corrected chi connectivity index (χ2v) is 8.63. The van der Waals surface area contributed by atoms with E-state index in [1.807, 2.05) is 12.1 Å². The predicted octanol–water partition coefficient (Wildman–Crippen LogP) is 3.76. The van der Waals surface area contributed by atoms with Crippen molar-refractivity contribution < 1.29 is 22.8 Å². The number of halogens is 3. The zero-order valence-electron chi connectivity index (χ0n) is 18.3. The third kappa shape index (κ3) is 5.64. The van der Waals surface area contributed by atoms with Crippen molar-refractivity contribution in [3.05, 3.63) is 59.3 Å². The quantitative estimate of drug-likeness (QED) is 0.713. The van der Waals surface area contributed by atoms with E-state index in [0.29, 0.717) is 12.1 Å². The van der Waals surface area contributed by atoms with Gasteiger partial charge in [-0.3, -0.25) is 9.59 Å². The number of alkyl halides is 3. The number of carbonyl (C=O) groups excluding carboxylic acids is 2. The molecule has 2 aliphatic heterocycles. The topological polar surface area (TPSA) is 65.5 Å². The zero-order chi connectivity index (χ0) is 23.4. The highest BCUT2D eigenvalue weighted by atomic mass is 19.4. The second kappa shape index (κ2) is 9.80. The van der Waals surface area contributed by atoms with Crippen LogP contribution in [0.3, 0.4) is 0 Å². The number of pyridine rings is 1. The minimum Gasteiger partial charge on any atom is -0.356 e. The van der Waals surface area contributed by atoms with E-state index in [2.05, 4.69) is 15.2 Å². The van der Waals surface area contributed by atoms with Crippen LogP contribution >= 0.6 is 0 Å². The lowest BCUT2D eigenvalue weighted by atomic mass is 10.1. The summed E-state index contributed by atoms with van der Waals surface area (Å²) in [4.78, 5) is 33.4. The Morgan fingerprint density at radius 3 is 2.67 bits per heavy atom. The van der Waals surface area contributed by atoms with Crippen LogP contribution in [0.25, 0.3) is 0 Å². The molecule has 2 aliphatic rings. The molecule has 2 fully saturated rings.